The topological polar surface area (TPSA) is 56.1 Å². The van der Waals surface area contributed by atoms with Crippen molar-refractivity contribution < 1.29 is 9.53 Å². The molecule has 1 amide bonds. The van der Waals surface area contributed by atoms with E-state index in [-0.39, 0.29) is 11.0 Å². The number of aryl methyl sites for hydroxylation is 1. The number of amides is 1. The second kappa shape index (κ2) is 6.11. The first-order valence-corrected chi connectivity index (χ1v) is 8.16. The molecule has 2 rings (SSSR count). The number of halogens is 1. The van der Waals surface area contributed by atoms with Crippen LogP contribution in [-0.2, 0) is 11.8 Å². The van der Waals surface area contributed by atoms with Gasteiger partial charge in [-0.2, -0.15) is 5.10 Å². The summed E-state index contributed by atoms with van der Waals surface area (Å²) in [6, 6.07) is 0. The van der Waals surface area contributed by atoms with Crippen LogP contribution in [0.5, 0.6) is 0 Å². The highest BCUT2D eigenvalue weighted by atomic mass is 35.5. The van der Waals surface area contributed by atoms with Crippen molar-refractivity contribution in [2.24, 2.45) is 12.5 Å². The maximum atomic E-state index is 12.2. The Bertz CT molecular complexity index is 542. The molecule has 0 unspecified atom stereocenters. The molecule has 0 saturated heterocycles. The molecule has 1 aliphatic carbocycles. The van der Waals surface area contributed by atoms with E-state index in [0.29, 0.717) is 10.7 Å². The Labute approximate surface area is 137 Å². The molecule has 1 saturated carbocycles. The van der Waals surface area contributed by atoms with Gasteiger partial charge in [-0.05, 0) is 33.6 Å². The number of rotatable bonds is 3. The predicted molar refractivity (Wildman–Crippen MR) is 86.9 cm³/mol. The average Bonchev–Trinajstić information content (AvgIpc) is 2.91. The number of carbonyl (C=O) groups excluding carboxylic acids is 1. The fraction of sp³-hybridized carbons (Fsp3) is 0.750. The van der Waals surface area contributed by atoms with Crippen LogP contribution in [-0.4, -0.2) is 21.4 Å². The SMILES string of the molecule is Cn1cc(Cl)c([C@H](OC(=O)NC(C)(C)C)C2(C)CCCC2)n1. The van der Waals surface area contributed by atoms with Crippen LogP contribution >= 0.6 is 11.6 Å². The van der Waals surface area contributed by atoms with E-state index in [1.807, 2.05) is 27.8 Å². The molecule has 1 N–H and O–H groups in total. The molecular weight excluding hydrogens is 302 g/mol. The van der Waals surface area contributed by atoms with E-state index in [4.69, 9.17) is 16.3 Å². The van der Waals surface area contributed by atoms with Gasteiger partial charge >= 0.3 is 6.09 Å². The minimum absolute atomic E-state index is 0.118. The number of nitrogens with zero attached hydrogens (tertiary/aromatic N) is 2. The molecule has 0 spiro atoms. The van der Waals surface area contributed by atoms with Crippen molar-refractivity contribution in [3.05, 3.63) is 16.9 Å². The Morgan fingerprint density at radius 3 is 2.50 bits per heavy atom. The van der Waals surface area contributed by atoms with E-state index < -0.39 is 12.2 Å². The zero-order chi connectivity index (χ0) is 16.5. The highest BCUT2D eigenvalue weighted by molar-refractivity contribution is 6.31. The number of alkyl carbamates (subject to hydrolysis) is 1. The number of carbonyl (C=O) groups is 1. The fourth-order valence-electron chi connectivity index (χ4n) is 3.07. The lowest BCUT2D eigenvalue weighted by Crippen LogP contribution is -2.42. The number of aromatic nitrogens is 2. The Morgan fingerprint density at radius 2 is 2.05 bits per heavy atom. The second-order valence-corrected chi connectivity index (χ2v) is 7.96. The van der Waals surface area contributed by atoms with Gasteiger partial charge in [0.15, 0.2) is 6.10 Å². The summed E-state index contributed by atoms with van der Waals surface area (Å²) in [6.45, 7) is 7.93. The van der Waals surface area contributed by atoms with Gasteiger partial charge in [0.05, 0.1) is 5.02 Å². The summed E-state index contributed by atoms with van der Waals surface area (Å²) in [5.74, 6) is 0. The molecular formula is C16H26ClN3O2. The maximum Gasteiger partial charge on any atom is 0.408 e. The van der Waals surface area contributed by atoms with Gasteiger partial charge in [-0.3, -0.25) is 4.68 Å². The number of ether oxygens (including phenoxy) is 1. The van der Waals surface area contributed by atoms with Crippen molar-refractivity contribution in [1.82, 2.24) is 15.1 Å². The molecule has 1 aromatic heterocycles. The summed E-state index contributed by atoms with van der Waals surface area (Å²) in [6.07, 6.45) is 5.19. The van der Waals surface area contributed by atoms with Gasteiger partial charge in [-0.1, -0.05) is 31.4 Å². The van der Waals surface area contributed by atoms with Crippen LogP contribution in [0, 0.1) is 5.41 Å². The lowest BCUT2D eigenvalue weighted by molar-refractivity contribution is 0.00909. The quantitative estimate of drug-likeness (QED) is 0.904. The summed E-state index contributed by atoms with van der Waals surface area (Å²) in [5.41, 5.74) is 0.192. The van der Waals surface area contributed by atoms with Crippen molar-refractivity contribution in [2.75, 3.05) is 0 Å². The minimum Gasteiger partial charge on any atom is -0.439 e. The van der Waals surface area contributed by atoms with Crippen LogP contribution in [0.3, 0.4) is 0 Å². The molecule has 1 fully saturated rings. The monoisotopic (exact) mass is 327 g/mol. The molecule has 1 atom stereocenters. The molecule has 22 heavy (non-hydrogen) atoms. The molecule has 1 aromatic rings. The minimum atomic E-state index is -0.425. The van der Waals surface area contributed by atoms with Gasteiger partial charge in [-0.15, -0.1) is 0 Å². The molecule has 5 nitrogen and oxygen atoms in total. The van der Waals surface area contributed by atoms with Crippen LogP contribution in [0.2, 0.25) is 5.02 Å². The highest BCUT2D eigenvalue weighted by Crippen LogP contribution is 2.50. The summed E-state index contributed by atoms with van der Waals surface area (Å²) >= 11 is 6.30. The van der Waals surface area contributed by atoms with Gasteiger partial charge in [0.25, 0.3) is 0 Å². The Balaban J connectivity index is 2.26. The third kappa shape index (κ3) is 3.94. The van der Waals surface area contributed by atoms with Crippen LogP contribution < -0.4 is 5.32 Å². The summed E-state index contributed by atoms with van der Waals surface area (Å²) in [5, 5.41) is 7.82. The van der Waals surface area contributed by atoms with Crippen molar-refractivity contribution in [2.45, 2.75) is 65.0 Å². The third-order valence-electron chi connectivity index (χ3n) is 4.14. The number of hydrogen-bond donors (Lipinski definition) is 1. The Hall–Kier alpha value is -1.23. The zero-order valence-corrected chi connectivity index (χ0v) is 14.8. The average molecular weight is 328 g/mol. The lowest BCUT2D eigenvalue weighted by atomic mass is 9.81. The van der Waals surface area contributed by atoms with Gasteiger partial charge in [0.1, 0.15) is 5.69 Å². The summed E-state index contributed by atoms with van der Waals surface area (Å²) < 4.78 is 7.44. The van der Waals surface area contributed by atoms with E-state index in [2.05, 4.69) is 17.3 Å². The largest absolute Gasteiger partial charge is 0.439 e. The van der Waals surface area contributed by atoms with Gasteiger partial charge in [0.2, 0.25) is 0 Å². The maximum absolute atomic E-state index is 12.2. The molecule has 6 heteroatoms. The zero-order valence-electron chi connectivity index (χ0n) is 14.1. The molecule has 124 valence electrons. The van der Waals surface area contributed by atoms with E-state index in [1.54, 1.807) is 10.9 Å². The first-order valence-electron chi connectivity index (χ1n) is 7.79. The van der Waals surface area contributed by atoms with Crippen molar-refractivity contribution in [3.63, 3.8) is 0 Å². The van der Waals surface area contributed by atoms with Gasteiger partial charge < -0.3 is 10.1 Å². The van der Waals surface area contributed by atoms with Crippen LogP contribution in [0.1, 0.15) is 65.2 Å². The molecule has 1 aliphatic rings. The fourth-order valence-corrected chi connectivity index (χ4v) is 3.35. The summed E-state index contributed by atoms with van der Waals surface area (Å²) in [4.78, 5) is 12.2. The molecule has 0 bridgehead atoms. The Morgan fingerprint density at radius 1 is 1.45 bits per heavy atom. The second-order valence-electron chi connectivity index (χ2n) is 7.56. The normalized spacial score (nSPS) is 19.0. The van der Waals surface area contributed by atoms with E-state index >= 15 is 0 Å². The highest BCUT2D eigenvalue weighted by Gasteiger charge is 2.43. The standard InChI is InChI=1S/C16H26ClN3O2/c1-15(2,3)18-14(21)22-13(16(4)8-6-7-9-16)12-11(17)10-20(5)19-12/h10,13H,6-9H2,1-5H3,(H,18,21)/t13-/m0/s1. The van der Waals surface area contributed by atoms with Crippen LogP contribution in [0.15, 0.2) is 6.20 Å². The van der Waals surface area contributed by atoms with Crippen LogP contribution in [0.4, 0.5) is 4.79 Å². The first kappa shape index (κ1) is 17.1. The number of nitrogens with one attached hydrogen (secondary N) is 1. The molecule has 0 aromatic carbocycles. The lowest BCUT2D eigenvalue weighted by Gasteiger charge is -2.33. The first-order chi connectivity index (χ1) is 10.1. The Kier molecular flexibility index (Phi) is 4.76. The van der Waals surface area contributed by atoms with Crippen LogP contribution in [0.25, 0.3) is 0 Å². The molecule has 1 heterocycles. The summed E-state index contributed by atoms with van der Waals surface area (Å²) in [7, 11) is 1.82. The van der Waals surface area contributed by atoms with E-state index in [0.717, 1.165) is 25.7 Å². The number of hydrogen-bond acceptors (Lipinski definition) is 3. The molecule has 0 aliphatic heterocycles. The van der Waals surface area contributed by atoms with Crippen molar-refractivity contribution in [3.8, 4) is 0 Å². The van der Waals surface area contributed by atoms with E-state index in [1.165, 1.54) is 0 Å². The predicted octanol–water partition coefficient (Wildman–Crippen LogP) is 4.22. The molecule has 0 radical (unpaired) electrons. The van der Waals surface area contributed by atoms with Gasteiger partial charge in [-0.25, -0.2) is 4.79 Å². The smallest absolute Gasteiger partial charge is 0.408 e. The van der Waals surface area contributed by atoms with Crippen molar-refractivity contribution >= 4 is 17.7 Å². The van der Waals surface area contributed by atoms with Crippen molar-refractivity contribution in [1.29, 1.82) is 0 Å². The van der Waals surface area contributed by atoms with Gasteiger partial charge in [0, 0.05) is 24.2 Å². The third-order valence-corrected chi connectivity index (χ3v) is 4.43. The van der Waals surface area contributed by atoms with E-state index in [9.17, 15) is 4.79 Å².